The molecule has 5 N–H and O–H groups in total. The molecule has 15 nitrogen and oxygen atoms in total. The van der Waals surface area contributed by atoms with Crippen LogP contribution in [0.25, 0.3) is 33.2 Å². The first kappa shape index (κ1) is 33.7. The van der Waals surface area contributed by atoms with Gasteiger partial charge in [0.05, 0.1) is 41.3 Å². The van der Waals surface area contributed by atoms with Gasteiger partial charge in [-0.2, -0.15) is 0 Å². The lowest BCUT2D eigenvalue weighted by molar-refractivity contribution is -0.135. The summed E-state index contributed by atoms with van der Waals surface area (Å²) in [5, 5.41) is 14.0. The molecule has 2 aliphatic carbocycles. The van der Waals surface area contributed by atoms with E-state index in [2.05, 4.69) is 25.3 Å². The molecular weight excluding hydrogens is 692 g/mol. The lowest BCUT2D eigenvalue weighted by Crippen LogP contribution is -2.47. The highest BCUT2D eigenvalue weighted by Gasteiger charge is 2.56. The number of aromatic nitrogens is 4. The third-order valence-corrected chi connectivity index (χ3v) is 11.3. The van der Waals surface area contributed by atoms with Gasteiger partial charge >= 0.3 is 12.2 Å². The van der Waals surface area contributed by atoms with Crippen LogP contribution in [0.1, 0.15) is 63.3 Å². The van der Waals surface area contributed by atoms with Gasteiger partial charge in [0.15, 0.2) is 0 Å². The average Bonchev–Trinajstić information content (AvgIpc) is 3.82. The van der Waals surface area contributed by atoms with Crippen molar-refractivity contribution in [2.45, 2.75) is 75.8 Å². The van der Waals surface area contributed by atoms with Gasteiger partial charge in [-0.05, 0) is 98.9 Å². The van der Waals surface area contributed by atoms with Crippen molar-refractivity contribution < 1.29 is 33.8 Å². The molecule has 54 heavy (non-hydrogen) atoms. The Hall–Kier alpha value is -6.12. The second-order valence-electron chi connectivity index (χ2n) is 14.9. The third kappa shape index (κ3) is 6.02. The molecule has 278 valence electrons. The number of aromatic amines is 2. The molecule has 2 saturated heterocycles. The van der Waals surface area contributed by atoms with E-state index in [-0.39, 0.29) is 36.0 Å². The van der Waals surface area contributed by atoms with Crippen molar-refractivity contribution >= 4 is 46.1 Å². The highest BCUT2D eigenvalue weighted by Crippen LogP contribution is 2.54. The number of methoxy groups -OCH3 is 1. The number of carboxylic acid groups (broad SMARTS) is 1. The molecule has 4 amide bonds. The zero-order chi connectivity index (χ0) is 37.4. The second kappa shape index (κ2) is 12.8. The Balaban J connectivity index is 0.910. The van der Waals surface area contributed by atoms with E-state index in [1.54, 1.807) is 13.8 Å². The van der Waals surface area contributed by atoms with Gasteiger partial charge in [-0.25, -0.2) is 19.6 Å². The third-order valence-electron chi connectivity index (χ3n) is 11.3. The number of ether oxygens (including phenoxy) is 2. The number of hydrogen-bond acceptors (Lipinski definition) is 8. The minimum atomic E-state index is -1.22. The summed E-state index contributed by atoms with van der Waals surface area (Å²) in [7, 11) is 1.27. The maximum absolute atomic E-state index is 13.4. The van der Waals surface area contributed by atoms with Gasteiger partial charge in [-0.1, -0.05) is 18.2 Å². The van der Waals surface area contributed by atoms with Gasteiger partial charge < -0.3 is 45.0 Å². The smallest absolute Gasteiger partial charge is 0.407 e. The first-order valence-corrected chi connectivity index (χ1v) is 18.3. The number of fused-ring (bicyclic) bond motifs is 4. The van der Waals surface area contributed by atoms with E-state index < -0.39 is 24.3 Å². The number of amides is 4. The van der Waals surface area contributed by atoms with Gasteiger partial charge in [0.1, 0.15) is 35.2 Å². The fourth-order valence-corrected chi connectivity index (χ4v) is 8.50. The number of carbonyl (C=O) groups is 4. The summed E-state index contributed by atoms with van der Waals surface area (Å²) in [5.41, 5.74) is 5.09. The number of benzene rings is 3. The first-order chi connectivity index (χ1) is 26.0. The molecule has 4 heterocycles. The van der Waals surface area contributed by atoms with Crippen molar-refractivity contribution in [3.8, 4) is 22.6 Å². The molecule has 3 aromatic carbocycles. The summed E-state index contributed by atoms with van der Waals surface area (Å²) in [4.78, 5) is 69.8. The molecule has 0 spiro atoms. The summed E-state index contributed by atoms with van der Waals surface area (Å²) in [6.45, 7) is 3.24. The maximum Gasteiger partial charge on any atom is 0.407 e. The number of hydrogen-bond donors (Lipinski definition) is 5. The number of likely N-dealkylation sites (tertiary alicyclic amines) is 2. The van der Waals surface area contributed by atoms with Crippen LogP contribution < -0.4 is 15.4 Å². The molecular formula is C39H40N8O7. The zero-order valence-corrected chi connectivity index (χ0v) is 29.9. The highest BCUT2D eigenvalue weighted by atomic mass is 16.5. The molecule has 2 aromatic heterocycles. The average molecular weight is 733 g/mol. The quantitative estimate of drug-likeness (QED) is 0.128. The Morgan fingerprint density at radius 2 is 1.30 bits per heavy atom. The molecule has 4 fully saturated rings. The number of carbonyl (C=O) groups excluding carboxylic acids is 3. The van der Waals surface area contributed by atoms with Crippen LogP contribution in [0.4, 0.5) is 9.59 Å². The van der Waals surface area contributed by atoms with Crippen LogP contribution in [0.5, 0.6) is 11.5 Å². The van der Waals surface area contributed by atoms with Crippen LogP contribution in [0.2, 0.25) is 0 Å². The Labute approximate surface area is 309 Å². The molecule has 0 unspecified atom stereocenters. The van der Waals surface area contributed by atoms with Gasteiger partial charge in [0.2, 0.25) is 11.8 Å². The molecule has 15 heteroatoms. The fourth-order valence-electron chi connectivity index (χ4n) is 8.50. The molecule has 0 radical (unpaired) electrons. The SMILES string of the molecule is COC(=O)N[C@@H](C)C(=O)N1[C@@H]2C[C@H]2C[C@H]1c1nc2ccc(Oc3cccc(-c4ccc5nc([C@@H]6C[C@H]7C[C@H]7N6C(=O)[C@H](C)NC(=O)O)[nH]c5c4)c3)cc2[nH]1. The van der Waals surface area contributed by atoms with Crippen LogP contribution in [-0.2, 0) is 14.3 Å². The molecule has 2 saturated carbocycles. The van der Waals surface area contributed by atoms with Crippen molar-refractivity contribution in [1.82, 2.24) is 40.4 Å². The van der Waals surface area contributed by atoms with E-state index in [0.29, 0.717) is 35.0 Å². The van der Waals surface area contributed by atoms with E-state index in [4.69, 9.17) is 19.8 Å². The topological polar surface area (TPSA) is 195 Å². The van der Waals surface area contributed by atoms with Crippen molar-refractivity contribution in [2.24, 2.45) is 11.8 Å². The summed E-state index contributed by atoms with van der Waals surface area (Å²) >= 11 is 0. The van der Waals surface area contributed by atoms with Crippen molar-refractivity contribution in [1.29, 1.82) is 0 Å². The van der Waals surface area contributed by atoms with Crippen LogP contribution in [-0.4, -0.2) is 90.1 Å². The number of nitrogens with zero attached hydrogens (tertiary/aromatic N) is 4. The minimum Gasteiger partial charge on any atom is -0.465 e. The molecule has 8 atom stereocenters. The normalized spacial score (nSPS) is 24.8. The predicted molar refractivity (Wildman–Crippen MR) is 196 cm³/mol. The minimum absolute atomic E-state index is 0.119. The largest absolute Gasteiger partial charge is 0.465 e. The Kier molecular flexibility index (Phi) is 7.97. The lowest BCUT2D eigenvalue weighted by atomic mass is 10.0. The van der Waals surface area contributed by atoms with Crippen molar-refractivity contribution in [3.05, 3.63) is 72.3 Å². The Morgan fingerprint density at radius 3 is 1.91 bits per heavy atom. The van der Waals surface area contributed by atoms with Crippen LogP contribution in [0.3, 0.4) is 0 Å². The van der Waals surface area contributed by atoms with Gasteiger partial charge in [0.25, 0.3) is 0 Å². The van der Waals surface area contributed by atoms with E-state index in [9.17, 15) is 19.2 Å². The van der Waals surface area contributed by atoms with Gasteiger partial charge in [0, 0.05) is 18.2 Å². The van der Waals surface area contributed by atoms with Crippen LogP contribution in [0, 0.1) is 11.8 Å². The van der Waals surface area contributed by atoms with Crippen molar-refractivity contribution in [3.63, 3.8) is 0 Å². The number of nitrogens with one attached hydrogen (secondary N) is 4. The van der Waals surface area contributed by atoms with E-state index >= 15 is 0 Å². The van der Waals surface area contributed by atoms with Crippen LogP contribution >= 0.6 is 0 Å². The standard InChI is InChI=1S/C39H40N8O7/c1-18(40-38(50)51)36(48)46-30-13-22(30)15-32(46)34-42-26-9-7-21(12-28(26)44-34)20-5-4-6-24(11-20)54-25-8-10-27-29(17-25)45-35(43-27)33-16-23-14-31(23)47(33)37(49)19(2)41-39(52)53-3/h4-12,17-19,22-23,30-33,40H,13-16H2,1-3H3,(H,41,52)(H,42,44)(H,43,45)(H,50,51)/t18-,19-,22+,23-,30+,31+,32-,33-/m0/s1. The van der Waals surface area contributed by atoms with Crippen LogP contribution in [0.15, 0.2) is 60.7 Å². The van der Waals surface area contributed by atoms with E-state index in [1.807, 2.05) is 70.5 Å². The number of H-pyrrole nitrogens is 2. The summed E-state index contributed by atoms with van der Waals surface area (Å²) in [6, 6.07) is 17.7. The van der Waals surface area contributed by atoms with E-state index in [0.717, 1.165) is 58.9 Å². The lowest BCUT2D eigenvalue weighted by Gasteiger charge is -2.29. The Morgan fingerprint density at radius 1 is 0.741 bits per heavy atom. The number of alkyl carbamates (subject to hydrolysis) is 1. The molecule has 9 rings (SSSR count). The van der Waals surface area contributed by atoms with Crippen molar-refractivity contribution in [2.75, 3.05) is 7.11 Å². The number of imidazole rings is 2. The highest BCUT2D eigenvalue weighted by molar-refractivity contribution is 5.88. The summed E-state index contributed by atoms with van der Waals surface area (Å²) in [5.74, 6) is 3.14. The monoisotopic (exact) mass is 732 g/mol. The number of piperidine rings is 2. The zero-order valence-electron chi connectivity index (χ0n) is 29.9. The number of rotatable bonds is 9. The Bertz CT molecular complexity index is 2340. The van der Waals surface area contributed by atoms with E-state index in [1.165, 1.54) is 7.11 Å². The summed E-state index contributed by atoms with van der Waals surface area (Å²) < 4.78 is 11.0. The van der Waals surface area contributed by atoms with Gasteiger partial charge in [-0.3, -0.25) is 9.59 Å². The molecule has 5 aromatic rings. The molecule has 0 bridgehead atoms. The molecule has 4 aliphatic rings. The maximum atomic E-state index is 13.4. The van der Waals surface area contributed by atoms with Gasteiger partial charge in [-0.15, -0.1) is 0 Å². The molecule has 2 aliphatic heterocycles. The predicted octanol–water partition coefficient (Wildman–Crippen LogP) is 5.62. The first-order valence-electron chi connectivity index (χ1n) is 18.3. The fraction of sp³-hybridized carbons (Fsp3) is 0.385. The summed E-state index contributed by atoms with van der Waals surface area (Å²) in [6.07, 6.45) is 1.63. The second-order valence-corrected chi connectivity index (χ2v) is 14.9.